The molecule has 6 heteroatoms. The van der Waals surface area contributed by atoms with Gasteiger partial charge in [-0.25, -0.2) is 4.98 Å². The number of aromatic nitrogens is 1. The van der Waals surface area contributed by atoms with Gasteiger partial charge in [0.05, 0.1) is 6.61 Å². The van der Waals surface area contributed by atoms with Crippen molar-refractivity contribution in [1.82, 2.24) is 9.88 Å². The second-order valence-corrected chi connectivity index (χ2v) is 6.15. The van der Waals surface area contributed by atoms with E-state index in [0.29, 0.717) is 18.8 Å². The SMILES string of the molecule is CCOc1ccc(-c2nc(C(=O)N3CC[C@@H](N)C3)cs2)cc1. The molecule has 2 aromatic rings. The van der Waals surface area contributed by atoms with Gasteiger partial charge in [-0.3, -0.25) is 4.79 Å². The van der Waals surface area contributed by atoms with Crippen molar-refractivity contribution in [2.45, 2.75) is 19.4 Å². The van der Waals surface area contributed by atoms with Gasteiger partial charge in [0.25, 0.3) is 5.91 Å². The average molecular weight is 317 g/mol. The van der Waals surface area contributed by atoms with E-state index in [4.69, 9.17) is 10.5 Å². The second-order valence-electron chi connectivity index (χ2n) is 5.30. The summed E-state index contributed by atoms with van der Waals surface area (Å²) in [7, 11) is 0. The van der Waals surface area contributed by atoms with Gasteiger partial charge in [-0.05, 0) is 37.6 Å². The Bertz CT molecular complexity index is 654. The molecule has 2 N–H and O–H groups in total. The first-order valence-electron chi connectivity index (χ1n) is 7.41. The number of carbonyl (C=O) groups is 1. The molecule has 1 aromatic heterocycles. The minimum absolute atomic E-state index is 0.0265. The van der Waals surface area contributed by atoms with Gasteiger partial charge in [-0.2, -0.15) is 0 Å². The normalized spacial score (nSPS) is 17.7. The van der Waals surface area contributed by atoms with E-state index in [-0.39, 0.29) is 11.9 Å². The Hall–Kier alpha value is -1.92. The molecule has 0 saturated carbocycles. The molecule has 0 unspecified atom stereocenters. The largest absolute Gasteiger partial charge is 0.494 e. The first-order chi connectivity index (χ1) is 10.7. The lowest BCUT2D eigenvalue weighted by Crippen LogP contribution is -2.32. The minimum atomic E-state index is -0.0265. The number of likely N-dealkylation sites (tertiary alicyclic amines) is 1. The Kier molecular flexibility index (Phi) is 4.40. The summed E-state index contributed by atoms with van der Waals surface area (Å²) in [5, 5.41) is 2.66. The molecule has 1 aliphatic rings. The highest BCUT2D eigenvalue weighted by Crippen LogP contribution is 2.26. The Morgan fingerprint density at radius 2 is 2.23 bits per heavy atom. The fraction of sp³-hybridized carbons (Fsp3) is 0.375. The van der Waals surface area contributed by atoms with E-state index < -0.39 is 0 Å². The van der Waals surface area contributed by atoms with E-state index in [1.807, 2.05) is 36.6 Å². The smallest absolute Gasteiger partial charge is 0.273 e. The number of hydrogen-bond acceptors (Lipinski definition) is 5. The molecule has 1 atom stereocenters. The summed E-state index contributed by atoms with van der Waals surface area (Å²) in [5.74, 6) is 0.812. The number of hydrogen-bond donors (Lipinski definition) is 1. The standard InChI is InChI=1S/C16H19N3O2S/c1-2-21-13-5-3-11(4-6-13)15-18-14(10-22-15)16(20)19-8-7-12(17)9-19/h3-6,10,12H,2,7-9,17H2,1H3/t12-/m1/s1. The van der Waals surface area contributed by atoms with Crippen LogP contribution >= 0.6 is 11.3 Å². The summed E-state index contributed by atoms with van der Waals surface area (Å²) < 4.78 is 5.43. The first-order valence-corrected chi connectivity index (χ1v) is 8.29. The van der Waals surface area contributed by atoms with Crippen molar-refractivity contribution < 1.29 is 9.53 Å². The van der Waals surface area contributed by atoms with Crippen LogP contribution < -0.4 is 10.5 Å². The molecular weight excluding hydrogens is 298 g/mol. The third kappa shape index (κ3) is 3.13. The molecule has 1 aliphatic heterocycles. The van der Waals surface area contributed by atoms with Crippen molar-refractivity contribution in [3.63, 3.8) is 0 Å². The predicted octanol–water partition coefficient (Wildman–Crippen LogP) is 2.38. The van der Waals surface area contributed by atoms with E-state index >= 15 is 0 Å². The highest BCUT2D eigenvalue weighted by atomic mass is 32.1. The van der Waals surface area contributed by atoms with E-state index in [1.54, 1.807) is 4.90 Å². The van der Waals surface area contributed by atoms with Crippen molar-refractivity contribution in [3.05, 3.63) is 35.3 Å². The highest BCUT2D eigenvalue weighted by molar-refractivity contribution is 7.13. The average Bonchev–Trinajstić information content (AvgIpc) is 3.17. The molecule has 116 valence electrons. The molecule has 2 heterocycles. The lowest BCUT2D eigenvalue weighted by atomic mass is 10.2. The van der Waals surface area contributed by atoms with E-state index in [9.17, 15) is 4.79 Å². The molecule has 1 fully saturated rings. The number of rotatable bonds is 4. The maximum atomic E-state index is 12.4. The fourth-order valence-corrected chi connectivity index (χ4v) is 3.30. The third-order valence-corrected chi connectivity index (χ3v) is 4.54. The lowest BCUT2D eigenvalue weighted by Gasteiger charge is -2.13. The van der Waals surface area contributed by atoms with Crippen LogP contribution in [0.5, 0.6) is 5.75 Å². The van der Waals surface area contributed by atoms with Crippen molar-refractivity contribution in [1.29, 1.82) is 0 Å². The molecule has 0 bridgehead atoms. The van der Waals surface area contributed by atoms with Crippen LogP contribution in [0.2, 0.25) is 0 Å². The van der Waals surface area contributed by atoms with Crippen LogP contribution in [-0.4, -0.2) is 41.5 Å². The molecule has 1 aromatic carbocycles. The van der Waals surface area contributed by atoms with Gasteiger partial charge < -0.3 is 15.4 Å². The number of amides is 1. The molecule has 1 saturated heterocycles. The van der Waals surface area contributed by atoms with Gasteiger partial charge in [-0.1, -0.05) is 0 Å². The van der Waals surface area contributed by atoms with Gasteiger partial charge >= 0.3 is 0 Å². The molecule has 3 rings (SSSR count). The molecular formula is C16H19N3O2S. The zero-order valence-corrected chi connectivity index (χ0v) is 13.3. The zero-order valence-electron chi connectivity index (χ0n) is 12.5. The molecule has 5 nitrogen and oxygen atoms in total. The van der Waals surface area contributed by atoms with E-state index in [1.165, 1.54) is 11.3 Å². The molecule has 0 spiro atoms. The van der Waals surface area contributed by atoms with Crippen molar-refractivity contribution in [2.24, 2.45) is 5.73 Å². The number of nitrogens with zero attached hydrogens (tertiary/aromatic N) is 2. The first kappa shape index (κ1) is 15.0. The fourth-order valence-electron chi connectivity index (χ4n) is 2.50. The van der Waals surface area contributed by atoms with Gasteiger partial charge in [0, 0.05) is 30.1 Å². The van der Waals surface area contributed by atoms with Crippen LogP contribution in [0.3, 0.4) is 0 Å². The molecule has 0 radical (unpaired) electrons. The van der Waals surface area contributed by atoms with Crippen LogP contribution in [0.15, 0.2) is 29.6 Å². The van der Waals surface area contributed by atoms with Crippen LogP contribution in [0.4, 0.5) is 0 Å². The Labute approximate surface area is 133 Å². The topological polar surface area (TPSA) is 68.5 Å². The minimum Gasteiger partial charge on any atom is -0.494 e. The van der Waals surface area contributed by atoms with E-state index in [2.05, 4.69) is 4.98 Å². The van der Waals surface area contributed by atoms with Crippen LogP contribution in [0.1, 0.15) is 23.8 Å². The molecule has 1 amide bonds. The molecule has 22 heavy (non-hydrogen) atoms. The van der Waals surface area contributed by atoms with Crippen LogP contribution in [-0.2, 0) is 0 Å². The number of thiazole rings is 1. The van der Waals surface area contributed by atoms with Crippen molar-refractivity contribution in [2.75, 3.05) is 19.7 Å². The maximum absolute atomic E-state index is 12.4. The highest BCUT2D eigenvalue weighted by Gasteiger charge is 2.26. The summed E-state index contributed by atoms with van der Waals surface area (Å²) in [5.41, 5.74) is 7.35. The molecule has 0 aliphatic carbocycles. The Morgan fingerprint density at radius 3 is 2.86 bits per heavy atom. The maximum Gasteiger partial charge on any atom is 0.273 e. The zero-order chi connectivity index (χ0) is 15.5. The van der Waals surface area contributed by atoms with Crippen molar-refractivity contribution in [3.8, 4) is 16.3 Å². The monoisotopic (exact) mass is 317 g/mol. The predicted molar refractivity (Wildman–Crippen MR) is 87.2 cm³/mol. The number of carbonyl (C=O) groups excluding carboxylic acids is 1. The second kappa shape index (κ2) is 6.46. The number of benzene rings is 1. The Morgan fingerprint density at radius 1 is 1.45 bits per heavy atom. The third-order valence-electron chi connectivity index (χ3n) is 3.65. The van der Waals surface area contributed by atoms with Gasteiger partial charge in [-0.15, -0.1) is 11.3 Å². The summed E-state index contributed by atoms with van der Waals surface area (Å²) in [6.07, 6.45) is 0.863. The summed E-state index contributed by atoms with van der Waals surface area (Å²) in [6.45, 7) is 3.94. The lowest BCUT2D eigenvalue weighted by molar-refractivity contribution is 0.0786. The van der Waals surface area contributed by atoms with Gasteiger partial charge in [0.1, 0.15) is 16.5 Å². The quantitative estimate of drug-likeness (QED) is 0.940. The van der Waals surface area contributed by atoms with E-state index in [0.717, 1.165) is 29.3 Å². The van der Waals surface area contributed by atoms with Crippen LogP contribution in [0, 0.1) is 0 Å². The number of ether oxygens (including phenoxy) is 1. The van der Waals surface area contributed by atoms with Crippen molar-refractivity contribution >= 4 is 17.2 Å². The van der Waals surface area contributed by atoms with Gasteiger partial charge in [0.2, 0.25) is 0 Å². The summed E-state index contributed by atoms with van der Waals surface area (Å²) in [6, 6.07) is 7.85. The van der Waals surface area contributed by atoms with Crippen LogP contribution in [0.25, 0.3) is 10.6 Å². The summed E-state index contributed by atoms with van der Waals surface area (Å²) >= 11 is 1.48. The Balaban J connectivity index is 1.74. The number of nitrogens with two attached hydrogens (primary N) is 1. The van der Waals surface area contributed by atoms with Gasteiger partial charge in [0.15, 0.2) is 0 Å². The summed E-state index contributed by atoms with van der Waals surface area (Å²) in [4.78, 5) is 18.6.